The third-order valence-corrected chi connectivity index (χ3v) is 1.23. The maximum Gasteiger partial charge on any atom is 0.155 e. The number of nitrogens with zero attached hydrogens (tertiary/aromatic N) is 1. The number of hydrazone groups is 1. The van der Waals surface area contributed by atoms with Crippen LogP contribution in [-0.4, -0.2) is 38.0 Å². The fourth-order valence-corrected chi connectivity index (χ4v) is 0.721. The van der Waals surface area contributed by atoms with Gasteiger partial charge in [0.15, 0.2) is 6.72 Å². The molecule has 46 valence electrons. The SMILES string of the molecule is C=[NH+]N1CCOCC1. The molecule has 0 radical (unpaired) electrons. The Kier molecular flexibility index (Phi) is 1.86. The van der Waals surface area contributed by atoms with Crippen LogP contribution in [-0.2, 0) is 4.74 Å². The molecule has 0 saturated carbocycles. The molecule has 0 aromatic carbocycles. The molecule has 1 heterocycles. The van der Waals surface area contributed by atoms with Gasteiger partial charge in [-0.3, -0.25) is 0 Å². The van der Waals surface area contributed by atoms with Crippen LogP contribution in [0, 0.1) is 0 Å². The third-order valence-electron chi connectivity index (χ3n) is 1.23. The van der Waals surface area contributed by atoms with E-state index < -0.39 is 0 Å². The zero-order chi connectivity index (χ0) is 5.82. The molecule has 0 bridgehead atoms. The van der Waals surface area contributed by atoms with Gasteiger partial charge in [0.25, 0.3) is 0 Å². The summed E-state index contributed by atoms with van der Waals surface area (Å²) in [5.41, 5.74) is 0. The van der Waals surface area contributed by atoms with Crippen LogP contribution in [0.1, 0.15) is 0 Å². The van der Waals surface area contributed by atoms with Crippen LogP contribution in [0.2, 0.25) is 0 Å². The molecule has 0 aromatic rings. The highest BCUT2D eigenvalue weighted by molar-refractivity contribution is 5.11. The largest absolute Gasteiger partial charge is 0.377 e. The first-order valence-electron chi connectivity index (χ1n) is 2.79. The molecular formula is C5H11N2O+. The fourth-order valence-electron chi connectivity index (χ4n) is 0.721. The van der Waals surface area contributed by atoms with Crippen molar-refractivity contribution in [2.24, 2.45) is 0 Å². The van der Waals surface area contributed by atoms with Gasteiger partial charge in [-0.15, -0.1) is 5.10 Å². The molecule has 0 aromatic heterocycles. The minimum absolute atomic E-state index is 0.822. The average molecular weight is 115 g/mol. The van der Waals surface area contributed by atoms with Gasteiger partial charge in [-0.25, -0.2) is 0 Å². The van der Waals surface area contributed by atoms with Crippen LogP contribution >= 0.6 is 0 Å². The summed E-state index contributed by atoms with van der Waals surface area (Å²) in [5.74, 6) is 0. The van der Waals surface area contributed by atoms with E-state index in [0.717, 1.165) is 26.3 Å². The number of rotatable bonds is 1. The van der Waals surface area contributed by atoms with E-state index in [0.29, 0.717) is 0 Å². The Hall–Kier alpha value is -0.570. The van der Waals surface area contributed by atoms with Crippen LogP contribution in [0.5, 0.6) is 0 Å². The number of hydrogen-bond donors (Lipinski definition) is 1. The van der Waals surface area contributed by atoms with Gasteiger partial charge in [0.05, 0.1) is 26.3 Å². The summed E-state index contributed by atoms with van der Waals surface area (Å²) < 4.78 is 5.09. The lowest BCUT2D eigenvalue weighted by molar-refractivity contribution is -0.642. The van der Waals surface area contributed by atoms with E-state index in [2.05, 4.69) is 11.8 Å². The summed E-state index contributed by atoms with van der Waals surface area (Å²) in [5, 5.41) is 4.84. The Morgan fingerprint density at radius 2 is 2.00 bits per heavy atom. The van der Waals surface area contributed by atoms with E-state index in [1.165, 1.54) is 0 Å². The molecule has 1 aliphatic rings. The molecular weight excluding hydrogens is 104 g/mol. The molecule has 0 amide bonds. The van der Waals surface area contributed by atoms with E-state index in [1.54, 1.807) is 0 Å². The molecule has 0 unspecified atom stereocenters. The summed E-state index contributed by atoms with van der Waals surface area (Å²) >= 11 is 0. The summed E-state index contributed by atoms with van der Waals surface area (Å²) in [7, 11) is 0. The third kappa shape index (κ3) is 1.20. The van der Waals surface area contributed by atoms with Gasteiger partial charge in [-0.1, -0.05) is 0 Å². The van der Waals surface area contributed by atoms with Crippen molar-refractivity contribution < 1.29 is 9.84 Å². The number of ether oxygens (including phenoxy) is 1. The Labute approximate surface area is 48.9 Å². The van der Waals surface area contributed by atoms with Gasteiger partial charge < -0.3 is 4.74 Å². The standard InChI is InChI=1S/C5H10N2O/c1-6-7-2-4-8-5-3-7/h1-5H2/p+1. The molecule has 1 N–H and O–H groups in total. The van der Waals surface area contributed by atoms with Gasteiger partial charge >= 0.3 is 0 Å². The van der Waals surface area contributed by atoms with Crippen molar-refractivity contribution in [2.75, 3.05) is 26.3 Å². The lowest BCUT2D eigenvalue weighted by atomic mass is 10.5. The molecule has 1 saturated heterocycles. The second-order valence-corrected chi connectivity index (χ2v) is 1.76. The maximum absolute atomic E-state index is 5.09. The second kappa shape index (κ2) is 2.67. The minimum Gasteiger partial charge on any atom is -0.377 e. The van der Waals surface area contributed by atoms with Crippen molar-refractivity contribution in [3.05, 3.63) is 0 Å². The Morgan fingerprint density at radius 3 is 2.38 bits per heavy atom. The summed E-state index contributed by atoms with van der Waals surface area (Å²) in [6, 6.07) is 0. The van der Waals surface area contributed by atoms with Gasteiger partial charge in [-0.05, 0) is 0 Å². The quantitative estimate of drug-likeness (QED) is 0.401. The molecule has 0 spiro atoms. The average Bonchev–Trinajstić information content (AvgIpc) is 1.90. The van der Waals surface area contributed by atoms with Crippen molar-refractivity contribution >= 4 is 6.72 Å². The molecule has 3 heteroatoms. The molecule has 3 nitrogen and oxygen atoms in total. The topological polar surface area (TPSA) is 26.4 Å². The van der Waals surface area contributed by atoms with Crippen molar-refractivity contribution in [1.29, 1.82) is 0 Å². The van der Waals surface area contributed by atoms with Crippen molar-refractivity contribution in [3.8, 4) is 0 Å². The maximum atomic E-state index is 5.09. The summed E-state index contributed by atoms with van der Waals surface area (Å²) in [4.78, 5) is 0. The van der Waals surface area contributed by atoms with Gasteiger partial charge in [0.1, 0.15) is 0 Å². The fraction of sp³-hybridized carbons (Fsp3) is 0.800. The van der Waals surface area contributed by atoms with Crippen LogP contribution in [0.25, 0.3) is 0 Å². The second-order valence-electron chi connectivity index (χ2n) is 1.76. The molecule has 1 rings (SSSR count). The van der Waals surface area contributed by atoms with E-state index in [-0.39, 0.29) is 0 Å². The molecule has 1 aliphatic heterocycles. The van der Waals surface area contributed by atoms with E-state index >= 15 is 0 Å². The molecule has 1 fully saturated rings. The number of hydrazine groups is 1. The Balaban J connectivity index is 2.22. The Morgan fingerprint density at radius 1 is 1.38 bits per heavy atom. The summed E-state index contributed by atoms with van der Waals surface area (Å²) in [6.07, 6.45) is 0. The van der Waals surface area contributed by atoms with Crippen molar-refractivity contribution in [1.82, 2.24) is 5.01 Å². The van der Waals surface area contributed by atoms with Crippen LogP contribution in [0.15, 0.2) is 0 Å². The van der Waals surface area contributed by atoms with Crippen molar-refractivity contribution in [2.45, 2.75) is 0 Å². The normalized spacial score (nSPS) is 20.8. The smallest absolute Gasteiger partial charge is 0.155 e. The highest BCUT2D eigenvalue weighted by Gasteiger charge is 2.08. The highest BCUT2D eigenvalue weighted by Crippen LogP contribution is 1.85. The van der Waals surface area contributed by atoms with Crippen molar-refractivity contribution in [3.63, 3.8) is 0 Å². The highest BCUT2D eigenvalue weighted by atomic mass is 16.5. The van der Waals surface area contributed by atoms with E-state index in [9.17, 15) is 0 Å². The van der Waals surface area contributed by atoms with E-state index in [4.69, 9.17) is 4.74 Å². The monoisotopic (exact) mass is 115 g/mol. The predicted octanol–water partition coefficient (Wildman–Crippen LogP) is -1.99. The zero-order valence-electron chi connectivity index (χ0n) is 4.89. The first kappa shape index (κ1) is 5.56. The van der Waals surface area contributed by atoms with Gasteiger partial charge in [0, 0.05) is 0 Å². The van der Waals surface area contributed by atoms with Gasteiger partial charge in [-0.2, -0.15) is 5.01 Å². The lowest BCUT2D eigenvalue weighted by Gasteiger charge is -2.17. The van der Waals surface area contributed by atoms with Crippen LogP contribution < -0.4 is 5.10 Å². The molecule has 0 aliphatic carbocycles. The van der Waals surface area contributed by atoms with E-state index in [1.807, 2.05) is 5.01 Å². The number of nitrogens with one attached hydrogen (secondary N) is 1. The number of morpholine rings is 1. The molecule has 8 heavy (non-hydrogen) atoms. The van der Waals surface area contributed by atoms with Crippen LogP contribution in [0.3, 0.4) is 0 Å². The summed E-state index contributed by atoms with van der Waals surface area (Å²) in [6.45, 7) is 7.07. The Bertz CT molecular complexity index is 78.5. The predicted molar refractivity (Wildman–Crippen MR) is 30.5 cm³/mol. The van der Waals surface area contributed by atoms with Gasteiger partial charge in [0.2, 0.25) is 0 Å². The first-order valence-corrected chi connectivity index (χ1v) is 2.79. The van der Waals surface area contributed by atoms with Crippen LogP contribution in [0.4, 0.5) is 0 Å². The lowest BCUT2D eigenvalue weighted by Crippen LogP contribution is -2.80. The minimum atomic E-state index is 0.822. The molecule has 0 atom stereocenters. The zero-order valence-corrected chi connectivity index (χ0v) is 4.89. The first-order chi connectivity index (χ1) is 3.93. The number of hydrogen-bond acceptors (Lipinski definition) is 2.